The number of aromatic amines is 2. The van der Waals surface area contributed by atoms with E-state index in [4.69, 9.17) is 4.74 Å². The van der Waals surface area contributed by atoms with Crippen molar-refractivity contribution in [2.75, 3.05) is 6.61 Å². The quantitative estimate of drug-likeness (QED) is 0.423. The predicted molar refractivity (Wildman–Crippen MR) is 100 cm³/mol. The van der Waals surface area contributed by atoms with Gasteiger partial charge >= 0.3 is 5.97 Å². The van der Waals surface area contributed by atoms with Crippen molar-refractivity contribution in [3.8, 4) is 0 Å². The summed E-state index contributed by atoms with van der Waals surface area (Å²) < 4.78 is 5.14. The molecule has 0 spiro atoms. The summed E-state index contributed by atoms with van der Waals surface area (Å²) in [6.45, 7) is 2.16. The Morgan fingerprint density at radius 1 is 1.08 bits per heavy atom. The molecule has 4 rings (SSSR count). The Labute approximate surface area is 145 Å². The molecule has 0 amide bonds. The minimum atomic E-state index is -0.339. The van der Waals surface area contributed by atoms with E-state index < -0.39 is 0 Å². The van der Waals surface area contributed by atoms with Crippen LogP contribution in [-0.2, 0) is 9.53 Å². The van der Waals surface area contributed by atoms with Crippen LogP contribution in [0.3, 0.4) is 0 Å². The van der Waals surface area contributed by atoms with Gasteiger partial charge in [0.25, 0.3) is 0 Å². The van der Waals surface area contributed by atoms with Crippen LogP contribution in [0.25, 0.3) is 27.4 Å². The van der Waals surface area contributed by atoms with Crippen molar-refractivity contribution in [2.24, 2.45) is 0 Å². The minimum absolute atomic E-state index is 0.339. The van der Waals surface area contributed by atoms with Crippen molar-refractivity contribution < 1.29 is 9.53 Å². The molecule has 2 aromatic heterocycles. The molecule has 2 N–H and O–H groups in total. The average molecular weight is 330 g/mol. The normalized spacial score (nSPS) is 12.0. The lowest BCUT2D eigenvalue weighted by Crippen LogP contribution is -2.01. The first-order valence-electron chi connectivity index (χ1n) is 8.28. The van der Waals surface area contributed by atoms with E-state index in [-0.39, 0.29) is 5.97 Å². The maximum atomic E-state index is 12.2. The second kappa shape index (κ2) is 6.32. The molecule has 4 nitrogen and oxygen atoms in total. The van der Waals surface area contributed by atoms with E-state index in [1.54, 1.807) is 6.08 Å². The van der Waals surface area contributed by atoms with Gasteiger partial charge in [-0.3, -0.25) is 0 Å². The van der Waals surface area contributed by atoms with Crippen LogP contribution in [0.2, 0.25) is 0 Å². The number of H-pyrrole nitrogens is 2. The molecule has 2 heterocycles. The highest BCUT2D eigenvalue weighted by atomic mass is 16.5. The summed E-state index contributed by atoms with van der Waals surface area (Å²) >= 11 is 0. The molecule has 0 saturated heterocycles. The number of carbonyl (C=O) groups is 1. The maximum Gasteiger partial charge on any atom is 0.331 e. The summed E-state index contributed by atoms with van der Waals surface area (Å²) in [5, 5.41) is 2.21. The largest absolute Gasteiger partial charge is 0.463 e. The van der Waals surface area contributed by atoms with Crippen molar-refractivity contribution >= 4 is 33.3 Å². The third-order valence-corrected chi connectivity index (χ3v) is 4.29. The molecular formula is C21H18N2O2. The van der Waals surface area contributed by atoms with Gasteiger partial charge in [-0.15, -0.1) is 0 Å². The van der Waals surface area contributed by atoms with E-state index in [1.807, 2.05) is 55.7 Å². The Balaban J connectivity index is 1.91. The van der Waals surface area contributed by atoms with Crippen LogP contribution in [0.1, 0.15) is 18.1 Å². The van der Waals surface area contributed by atoms with Gasteiger partial charge in [0.1, 0.15) is 0 Å². The molecule has 0 aliphatic heterocycles. The van der Waals surface area contributed by atoms with Crippen LogP contribution in [0.5, 0.6) is 0 Å². The van der Waals surface area contributed by atoms with Crippen LogP contribution in [0.15, 0.2) is 67.0 Å². The predicted octanol–water partition coefficient (Wildman–Crippen LogP) is 4.64. The van der Waals surface area contributed by atoms with E-state index >= 15 is 0 Å². The molecule has 0 aliphatic carbocycles. The van der Waals surface area contributed by atoms with E-state index in [0.29, 0.717) is 6.61 Å². The van der Waals surface area contributed by atoms with E-state index in [1.165, 1.54) is 0 Å². The number of hydrogen-bond acceptors (Lipinski definition) is 2. The van der Waals surface area contributed by atoms with Crippen molar-refractivity contribution in [1.82, 2.24) is 9.97 Å². The zero-order valence-electron chi connectivity index (χ0n) is 13.9. The molecule has 4 aromatic rings. The Morgan fingerprint density at radius 2 is 1.96 bits per heavy atom. The molecule has 0 unspecified atom stereocenters. The molecule has 0 radical (unpaired) electrons. The fourth-order valence-electron chi connectivity index (χ4n) is 3.13. The topological polar surface area (TPSA) is 57.9 Å². The fraction of sp³-hybridized carbons (Fsp3) is 0.0952. The lowest BCUT2D eigenvalue weighted by Gasteiger charge is -2.08. The van der Waals surface area contributed by atoms with Gasteiger partial charge in [0.2, 0.25) is 0 Å². The molecule has 2 aromatic carbocycles. The molecule has 0 saturated carbocycles. The van der Waals surface area contributed by atoms with Crippen LogP contribution in [0, 0.1) is 0 Å². The third-order valence-electron chi connectivity index (χ3n) is 4.29. The van der Waals surface area contributed by atoms with Gasteiger partial charge in [0.05, 0.1) is 6.61 Å². The highest BCUT2D eigenvalue weighted by Crippen LogP contribution is 2.31. The number of ether oxygens (including phenoxy) is 1. The molecule has 4 heteroatoms. The Bertz CT molecular complexity index is 1090. The number of nitrogens with one attached hydrogen (secondary N) is 2. The highest BCUT2D eigenvalue weighted by Gasteiger charge is 2.13. The zero-order chi connectivity index (χ0) is 17.2. The standard InChI is InChI=1S/C21H18N2O2/c1-2-25-21(24)12-17(15-8-7-14-9-10-22-20(14)11-15)18-13-23-19-6-4-3-5-16(18)19/h3-13,22-23H,2H2,1H3/b17-12-. The molecule has 124 valence electrons. The summed E-state index contributed by atoms with van der Waals surface area (Å²) in [4.78, 5) is 18.7. The molecule has 0 fully saturated rings. The Hall–Kier alpha value is -3.27. The highest BCUT2D eigenvalue weighted by molar-refractivity contribution is 6.04. The first kappa shape index (κ1) is 15.3. The number of carbonyl (C=O) groups excluding carboxylic acids is 1. The van der Waals surface area contributed by atoms with Crippen molar-refractivity contribution in [2.45, 2.75) is 6.92 Å². The second-order valence-corrected chi connectivity index (χ2v) is 5.84. The summed E-state index contributed by atoms with van der Waals surface area (Å²) in [6.07, 6.45) is 5.42. The Morgan fingerprint density at radius 3 is 2.84 bits per heavy atom. The summed E-state index contributed by atoms with van der Waals surface area (Å²) in [5.41, 5.74) is 4.86. The lowest BCUT2D eigenvalue weighted by molar-refractivity contribution is -0.137. The number of esters is 1. The van der Waals surface area contributed by atoms with Crippen molar-refractivity contribution in [3.63, 3.8) is 0 Å². The van der Waals surface area contributed by atoms with Crippen LogP contribution < -0.4 is 0 Å². The summed E-state index contributed by atoms with van der Waals surface area (Å²) in [5.74, 6) is -0.339. The average Bonchev–Trinajstić information content (AvgIpc) is 3.26. The van der Waals surface area contributed by atoms with Crippen LogP contribution in [0.4, 0.5) is 0 Å². The smallest absolute Gasteiger partial charge is 0.331 e. The molecule has 0 aliphatic rings. The van der Waals surface area contributed by atoms with Gasteiger partial charge in [0.15, 0.2) is 0 Å². The number of benzene rings is 2. The van der Waals surface area contributed by atoms with Gasteiger partial charge in [-0.1, -0.05) is 30.3 Å². The minimum Gasteiger partial charge on any atom is -0.463 e. The van der Waals surface area contributed by atoms with E-state index in [0.717, 1.165) is 38.5 Å². The van der Waals surface area contributed by atoms with Crippen molar-refractivity contribution in [3.05, 3.63) is 78.1 Å². The first-order valence-corrected chi connectivity index (χ1v) is 8.28. The van der Waals surface area contributed by atoms with E-state index in [9.17, 15) is 4.79 Å². The van der Waals surface area contributed by atoms with E-state index in [2.05, 4.69) is 22.1 Å². The zero-order valence-corrected chi connectivity index (χ0v) is 13.9. The third kappa shape index (κ3) is 2.83. The molecule has 0 atom stereocenters. The van der Waals surface area contributed by atoms with Gasteiger partial charge in [-0.05, 0) is 41.6 Å². The van der Waals surface area contributed by atoms with Crippen LogP contribution >= 0.6 is 0 Å². The lowest BCUT2D eigenvalue weighted by atomic mass is 9.96. The van der Waals surface area contributed by atoms with Crippen molar-refractivity contribution in [1.29, 1.82) is 0 Å². The molecule has 0 bridgehead atoms. The Kier molecular flexibility index (Phi) is 3.86. The monoisotopic (exact) mass is 330 g/mol. The summed E-state index contributed by atoms with van der Waals surface area (Å²) in [7, 11) is 0. The molecular weight excluding hydrogens is 312 g/mol. The van der Waals surface area contributed by atoms with Gasteiger partial charge in [-0.2, -0.15) is 0 Å². The molecule has 25 heavy (non-hydrogen) atoms. The van der Waals surface area contributed by atoms with Gasteiger partial charge < -0.3 is 14.7 Å². The number of fused-ring (bicyclic) bond motifs is 2. The van der Waals surface area contributed by atoms with Gasteiger partial charge in [0, 0.05) is 40.5 Å². The summed E-state index contributed by atoms with van der Waals surface area (Å²) in [6, 6.07) is 16.2. The van der Waals surface area contributed by atoms with Gasteiger partial charge in [-0.25, -0.2) is 4.79 Å². The number of hydrogen-bond donors (Lipinski definition) is 2. The number of rotatable bonds is 4. The first-order chi connectivity index (χ1) is 12.3. The van der Waals surface area contributed by atoms with Crippen LogP contribution in [-0.4, -0.2) is 22.5 Å². The maximum absolute atomic E-state index is 12.2. The number of aromatic nitrogens is 2. The number of para-hydroxylation sites is 1. The SMILES string of the molecule is CCOC(=O)/C=C(/c1ccc2cc[nH]c2c1)c1c[nH]c2ccccc12. The fourth-order valence-corrected chi connectivity index (χ4v) is 3.13. The second-order valence-electron chi connectivity index (χ2n) is 5.84.